The van der Waals surface area contributed by atoms with E-state index in [0.29, 0.717) is 0 Å². The lowest BCUT2D eigenvalue weighted by Crippen LogP contribution is -2.73. The second-order valence-electron chi connectivity index (χ2n) is 6.77. The molecule has 0 bridgehead atoms. The van der Waals surface area contributed by atoms with Crippen molar-refractivity contribution in [2.45, 2.75) is 80.4 Å². The van der Waals surface area contributed by atoms with Crippen molar-refractivity contribution in [1.82, 2.24) is 0 Å². The first-order chi connectivity index (χ1) is 15.4. The van der Waals surface area contributed by atoms with Crippen LogP contribution in [0.4, 0.5) is 74.6 Å². The molecule has 35 heavy (non-hydrogen) atoms. The Kier molecular flexibility index (Phi) is 10.8. The molecule has 0 amide bonds. The van der Waals surface area contributed by atoms with Gasteiger partial charge in [-0.05, 0) is 13.8 Å². The van der Waals surface area contributed by atoms with Gasteiger partial charge in [0.2, 0.25) is 6.17 Å². The van der Waals surface area contributed by atoms with Crippen LogP contribution in [-0.2, 0) is 8.85 Å². The van der Waals surface area contributed by atoms with Crippen LogP contribution in [0.2, 0.25) is 6.04 Å². The molecule has 0 N–H and O–H groups in total. The van der Waals surface area contributed by atoms with Crippen molar-refractivity contribution in [3.8, 4) is 0 Å². The lowest BCUT2D eigenvalue weighted by molar-refractivity contribution is -0.433. The summed E-state index contributed by atoms with van der Waals surface area (Å²) in [5.41, 5.74) is 0. The van der Waals surface area contributed by atoms with E-state index in [1.807, 2.05) is 0 Å². The van der Waals surface area contributed by atoms with Crippen molar-refractivity contribution in [3.63, 3.8) is 0 Å². The second kappa shape index (κ2) is 11.1. The first kappa shape index (κ1) is 33.9. The summed E-state index contributed by atoms with van der Waals surface area (Å²) in [4.78, 5) is 0. The number of hydrogen-bond acceptors (Lipinski definition) is 2. The van der Waals surface area contributed by atoms with Gasteiger partial charge in [-0.2, -0.15) is 52.7 Å². The molecule has 0 radical (unpaired) electrons. The monoisotopic (exact) mass is 580 g/mol. The van der Waals surface area contributed by atoms with Crippen LogP contribution < -0.4 is 0 Å². The molecular weight excluding hydrogens is 563 g/mol. The summed E-state index contributed by atoms with van der Waals surface area (Å²) in [6, 6.07) is -1.94. The molecule has 0 aliphatic carbocycles. The Balaban J connectivity index is 6.42. The van der Waals surface area contributed by atoms with Crippen LogP contribution in [0.5, 0.6) is 0 Å². The van der Waals surface area contributed by atoms with Crippen molar-refractivity contribution < 1.29 is 83.5 Å². The normalized spacial score (nSPS) is 17.7. The Morgan fingerprint density at radius 1 is 0.571 bits per heavy atom. The minimum absolute atomic E-state index is 0.417. The summed E-state index contributed by atoms with van der Waals surface area (Å²) in [6.07, 6.45) is -20.2. The molecule has 212 valence electrons. The molecule has 0 fully saturated rings. The van der Waals surface area contributed by atoms with Gasteiger partial charge in [0.05, 0.1) is 0 Å². The molecule has 0 aromatic heterocycles. The van der Waals surface area contributed by atoms with Gasteiger partial charge in [0.25, 0.3) is 6.43 Å². The molecular formula is C15H17F17O2Si. The van der Waals surface area contributed by atoms with Gasteiger partial charge in [0.15, 0.2) is 12.3 Å². The first-order valence-electron chi connectivity index (χ1n) is 9.13. The maximum Gasteiger partial charge on any atom is 0.384 e. The van der Waals surface area contributed by atoms with Crippen LogP contribution in [0.1, 0.15) is 13.8 Å². The van der Waals surface area contributed by atoms with Gasteiger partial charge in [-0.3, -0.25) is 0 Å². The third-order valence-corrected chi connectivity index (χ3v) is 6.59. The van der Waals surface area contributed by atoms with E-state index in [9.17, 15) is 74.6 Å². The summed E-state index contributed by atoms with van der Waals surface area (Å²) in [5, 5.41) is 0. The topological polar surface area (TPSA) is 18.5 Å². The predicted octanol–water partition coefficient (Wildman–Crippen LogP) is 6.37. The van der Waals surface area contributed by atoms with Gasteiger partial charge in [-0.15, -0.1) is 0 Å². The molecule has 0 saturated heterocycles. The highest BCUT2D eigenvalue weighted by Gasteiger charge is 2.91. The van der Waals surface area contributed by atoms with E-state index in [4.69, 9.17) is 0 Å². The highest BCUT2D eigenvalue weighted by molar-refractivity contribution is 6.44. The zero-order valence-corrected chi connectivity index (χ0v) is 18.4. The molecule has 0 aromatic carbocycles. The molecule has 0 aromatic rings. The highest BCUT2D eigenvalue weighted by atomic mass is 28.3. The smallest absolute Gasteiger partial charge is 0.384 e. The minimum atomic E-state index is -8.38. The number of halogens is 17. The van der Waals surface area contributed by atoms with E-state index in [-0.39, 0.29) is 0 Å². The van der Waals surface area contributed by atoms with Gasteiger partial charge in [-0.25, -0.2) is 22.0 Å². The van der Waals surface area contributed by atoms with Gasteiger partial charge in [0.1, 0.15) is 0 Å². The van der Waals surface area contributed by atoms with Crippen LogP contribution in [0.25, 0.3) is 0 Å². The van der Waals surface area contributed by atoms with Crippen molar-refractivity contribution >= 4 is 9.28 Å². The highest BCUT2D eigenvalue weighted by Crippen LogP contribution is 2.61. The summed E-state index contributed by atoms with van der Waals surface area (Å²) >= 11 is 0. The van der Waals surface area contributed by atoms with Crippen LogP contribution in [0.3, 0.4) is 0 Å². The van der Waals surface area contributed by atoms with E-state index in [0.717, 1.165) is 13.8 Å². The molecule has 20 heteroatoms. The fraction of sp³-hybridized carbons (Fsp3) is 1.00. The lowest BCUT2D eigenvalue weighted by Gasteiger charge is -2.42. The lowest BCUT2D eigenvalue weighted by atomic mass is 9.88. The standard InChI is InChI=1S/C15H17F17O2Si/c1-3-33-35(34-4-2)5-6(16)10(21,22)12(25,26)14(29,30)15(31,32)13(27,28)11(23,24)8(18)7(17)9(19)20/h6-9,35H,3-5H2,1-2H3. The van der Waals surface area contributed by atoms with Gasteiger partial charge in [-0.1, -0.05) is 0 Å². The summed E-state index contributed by atoms with van der Waals surface area (Å²) in [7, 11) is -3.71. The Hall–Kier alpha value is -1.05. The quantitative estimate of drug-likeness (QED) is 0.166. The van der Waals surface area contributed by atoms with Crippen LogP contribution in [-0.4, -0.2) is 83.0 Å². The number of rotatable bonds is 15. The third-order valence-electron chi connectivity index (χ3n) is 4.38. The maximum absolute atomic E-state index is 13.9. The van der Waals surface area contributed by atoms with Gasteiger partial charge >= 0.3 is 44.8 Å². The van der Waals surface area contributed by atoms with Crippen LogP contribution >= 0.6 is 0 Å². The fourth-order valence-electron chi connectivity index (χ4n) is 2.38. The SMILES string of the molecule is CCO[SiH](CC(F)C(F)(F)C(F)(F)C(F)(F)C(F)(F)C(F)(F)C(F)(F)C(F)C(F)C(F)F)OCC. The molecule has 0 rings (SSSR count). The molecule has 0 aliphatic heterocycles. The molecule has 0 spiro atoms. The van der Waals surface area contributed by atoms with E-state index in [1.54, 1.807) is 0 Å². The zero-order valence-electron chi connectivity index (χ0n) is 17.2. The van der Waals surface area contributed by atoms with Crippen molar-refractivity contribution in [2.24, 2.45) is 0 Å². The maximum atomic E-state index is 13.9. The minimum Gasteiger partial charge on any atom is -0.397 e. The Morgan fingerprint density at radius 3 is 1.23 bits per heavy atom. The first-order valence-corrected chi connectivity index (χ1v) is 10.9. The number of hydrogen-bond donors (Lipinski definition) is 0. The third kappa shape index (κ3) is 5.77. The molecule has 3 unspecified atom stereocenters. The molecule has 0 saturated carbocycles. The average Bonchev–Trinajstić information content (AvgIpc) is 2.71. The van der Waals surface area contributed by atoms with Gasteiger partial charge in [0, 0.05) is 19.3 Å². The molecule has 2 nitrogen and oxygen atoms in total. The van der Waals surface area contributed by atoms with Crippen molar-refractivity contribution in [2.75, 3.05) is 13.2 Å². The Bertz CT molecular complexity index is 668. The fourth-order valence-corrected chi connectivity index (χ4v) is 4.13. The summed E-state index contributed by atoms with van der Waals surface area (Å²) in [5.74, 6) is -47.3. The molecule has 0 aliphatic rings. The van der Waals surface area contributed by atoms with Crippen LogP contribution in [0.15, 0.2) is 0 Å². The van der Waals surface area contributed by atoms with E-state index < -0.39 is 89.0 Å². The largest absolute Gasteiger partial charge is 0.397 e. The van der Waals surface area contributed by atoms with E-state index in [1.165, 1.54) is 0 Å². The summed E-state index contributed by atoms with van der Waals surface area (Å²) in [6.45, 7) is 1.48. The van der Waals surface area contributed by atoms with Crippen molar-refractivity contribution in [1.29, 1.82) is 0 Å². The summed E-state index contributed by atoms with van der Waals surface area (Å²) < 4.78 is 237. The Morgan fingerprint density at radius 2 is 0.914 bits per heavy atom. The zero-order chi connectivity index (χ0) is 28.4. The Labute approximate surface area is 187 Å². The van der Waals surface area contributed by atoms with Gasteiger partial charge < -0.3 is 8.85 Å². The molecule has 0 heterocycles. The van der Waals surface area contributed by atoms with E-state index >= 15 is 0 Å². The number of alkyl halides is 17. The van der Waals surface area contributed by atoms with Crippen LogP contribution in [0, 0.1) is 0 Å². The second-order valence-corrected chi connectivity index (χ2v) is 8.76. The molecule has 3 atom stereocenters. The van der Waals surface area contributed by atoms with E-state index in [2.05, 4.69) is 8.85 Å². The van der Waals surface area contributed by atoms with Crippen molar-refractivity contribution in [3.05, 3.63) is 0 Å². The average molecular weight is 580 g/mol. The predicted molar refractivity (Wildman–Crippen MR) is 85.6 cm³/mol.